The lowest BCUT2D eigenvalue weighted by Crippen LogP contribution is -2.31. The zero-order valence-corrected chi connectivity index (χ0v) is 10.7. The molecule has 2 N–H and O–H groups in total. The first-order valence-corrected chi connectivity index (χ1v) is 6.20. The van der Waals surface area contributed by atoms with Gasteiger partial charge in [0.1, 0.15) is 11.9 Å². The molecule has 1 amide bonds. The molecule has 2 rings (SSSR count). The van der Waals surface area contributed by atoms with Gasteiger partial charge in [-0.2, -0.15) is 0 Å². The van der Waals surface area contributed by atoms with Gasteiger partial charge in [-0.05, 0) is 6.92 Å². The van der Waals surface area contributed by atoms with E-state index in [9.17, 15) is 4.79 Å². The largest absolute Gasteiger partial charge is 0.357 e. The van der Waals surface area contributed by atoms with E-state index < -0.39 is 0 Å². The Morgan fingerprint density at radius 3 is 3.06 bits per heavy atom. The summed E-state index contributed by atoms with van der Waals surface area (Å²) in [6.45, 7) is 5.79. The monoisotopic (exact) mass is 236 g/mol. The fourth-order valence-corrected chi connectivity index (χ4v) is 2.42. The summed E-state index contributed by atoms with van der Waals surface area (Å²) >= 11 is 0. The van der Waals surface area contributed by atoms with Crippen LogP contribution < -0.4 is 10.6 Å². The highest BCUT2D eigenvalue weighted by molar-refractivity contribution is 5.79. The van der Waals surface area contributed by atoms with E-state index in [1.54, 1.807) is 7.05 Å². The second kappa shape index (κ2) is 4.87. The summed E-state index contributed by atoms with van der Waals surface area (Å²) in [7, 11) is 1.68. The highest BCUT2D eigenvalue weighted by atomic mass is 16.2. The van der Waals surface area contributed by atoms with E-state index in [-0.39, 0.29) is 11.9 Å². The number of aryl methyl sites for hydroxylation is 1. The number of amides is 1. The average Bonchev–Trinajstić information content (AvgIpc) is 2.75. The molecule has 0 aliphatic carbocycles. The minimum Gasteiger partial charge on any atom is -0.357 e. The van der Waals surface area contributed by atoms with E-state index in [4.69, 9.17) is 0 Å². The van der Waals surface area contributed by atoms with E-state index in [0.29, 0.717) is 0 Å². The maximum atomic E-state index is 11.8. The fraction of sp³-hybridized carbons (Fsp3) is 0.667. The number of fused-ring (bicyclic) bond motifs is 1. The molecule has 94 valence electrons. The van der Waals surface area contributed by atoms with Gasteiger partial charge < -0.3 is 15.2 Å². The summed E-state index contributed by atoms with van der Waals surface area (Å²) in [6.07, 6.45) is 1.80. The number of nitrogens with one attached hydrogen (secondary N) is 2. The number of carbonyl (C=O) groups excluding carboxylic acids is 1. The van der Waals surface area contributed by atoms with Crippen LogP contribution >= 0.6 is 0 Å². The molecule has 1 aromatic heterocycles. The van der Waals surface area contributed by atoms with Gasteiger partial charge in [0.05, 0.1) is 5.69 Å². The molecule has 0 aromatic carbocycles. The topological polar surface area (TPSA) is 59.0 Å². The van der Waals surface area contributed by atoms with Crippen molar-refractivity contribution in [3.63, 3.8) is 0 Å². The van der Waals surface area contributed by atoms with Crippen LogP contribution in [0.5, 0.6) is 0 Å². The Labute approximate surface area is 102 Å². The summed E-state index contributed by atoms with van der Waals surface area (Å²) in [4.78, 5) is 16.4. The van der Waals surface area contributed by atoms with Gasteiger partial charge in [0.2, 0.25) is 5.91 Å². The van der Waals surface area contributed by atoms with Crippen molar-refractivity contribution in [2.24, 2.45) is 0 Å². The summed E-state index contributed by atoms with van der Waals surface area (Å²) in [6, 6.07) is -0.177. The van der Waals surface area contributed by atoms with Gasteiger partial charge in [0.15, 0.2) is 0 Å². The first-order valence-electron chi connectivity index (χ1n) is 6.20. The molecule has 0 radical (unpaired) electrons. The van der Waals surface area contributed by atoms with Crippen molar-refractivity contribution in [1.29, 1.82) is 0 Å². The third-order valence-electron chi connectivity index (χ3n) is 3.33. The molecular formula is C12H20N4O. The molecule has 17 heavy (non-hydrogen) atoms. The predicted octanol–water partition coefficient (Wildman–Crippen LogP) is 0.398. The van der Waals surface area contributed by atoms with Crippen molar-refractivity contribution in [3.05, 3.63) is 17.2 Å². The minimum absolute atomic E-state index is 0.0402. The van der Waals surface area contributed by atoms with E-state index in [1.807, 2.05) is 6.92 Å². The van der Waals surface area contributed by atoms with Crippen molar-refractivity contribution in [1.82, 2.24) is 20.2 Å². The van der Waals surface area contributed by atoms with Gasteiger partial charge in [-0.1, -0.05) is 6.92 Å². The lowest BCUT2D eigenvalue weighted by atomic mass is 10.1. The Morgan fingerprint density at radius 2 is 2.41 bits per heavy atom. The summed E-state index contributed by atoms with van der Waals surface area (Å²) in [5, 5.41) is 6.02. The Balaban J connectivity index is 2.43. The number of imidazole rings is 1. The van der Waals surface area contributed by atoms with Gasteiger partial charge in [-0.25, -0.2) is 4.98 Å². The number of hydrogen-bond donors (Lipinski definition) is 2. The summed E-state index contributed by atoms with van der Waals surface area (Å²) in [5.74, 6) is 1.05. The maximum absolute atomic E-state index is 11.8. The molecule has 1 aromatic rings. The van der Waals surface area contributed by atoms with Gasteiger partial charge in [-0.3, -0.25) is 4.79 Å². The number of nitrogens with zero attached hydrogens (tertiary/aromatic N) is 2. The smallest absolute Gasteiger partial charge is 0.242 e. The fourth-order valence-electron chi connectivity index (χ4n) is 2.42. The van der Waals surface area contributed by atoms with Crippen LogP contribution in [-0.4, -0.2) is 29.1 Å². The summed E-state index contributed by atoms with van der Waals surface area (Å²) in [5.41, 5.74) is 2.32. The van der Waals surface area contributed by atoms with Crippen LogP contribution in [-0.2, 0) is 24.2 Å². The Bertz CT molecular complexity index is 424. The minimum atomic E-state index is -0.177. The quantitative estimate of drug-likeness (QED) is 0.798. The molecule has 0 bridgehead atoms. The van der Waals surface area contributed by atoms with Crippen molar-refractivity contribution in [2.45, 2.75) is 39.3 Å². The van der Waals surface area contributed by atoms with Crippen molar-refractivity contribution in [3.8, 4) is 0 Å². The lowest BCUT2D eigenvalue weighted by Gasteiger charge is -2.20. The SMILES string of the molecule is CCc1nc2c(n1C(C)C(=O)NC)CCNC2. The Morgan fingerprint density at radius 1 is 1.65 bits per heavy atom. The number of carbonyl (C=O) groups is 1. The van der Waals surface area contributed by atoms with Gasteiger partial charge >= 0.3 is 0 Å². The zero-order chi connectivity index (χ0) is 12.4. The van der Waals surface area contributed by atoms with Crippen LogP contribution in [0.1, 0.15) is 37.1 Å². The molecule has 5 nitrogen and oxygen atoms in total. The van der Waals surface area contributed by atoms with Crippen LogP contribution in [0.15, 0.2) is 0 Å². The zero-order valence-electron chi connectivity index (χ0n) is 10.7. The highest BCUT2D eigenvalue weighted by Crippen LogP contribution is 2.21. The van der Waals surface area contributed by atoms with Gasteiger partial charge in [-0.15, -0.1) is 0 Å². The molecule has 1 aliphatic rings. The van der Waals surface area contributed by atoms with Gasteiger partial charge in [0.25, 0.3) is 0 Å². The normalized spacial score (nSPS) is 16.4. The Kier molecular flexibility index (Phi) is 3.47. The van der Waals surface area contributed by atoms with Crippen LogP contribution in [0, 0.1) is 0 Å². The third-order valence-corrected chi connectivity index (χ3v) is 3.33. The molecule has 0 saturated heterocycles. The molecule has 0 saturated carbocycles. The van der Waals surface area contributed by atoms with Crippen LogP contribution in [0.25, 0.3) is 0 Å². The standard InChI is InChI=1S/C12H20N4O/c1-4-11-15-9-7-14-6-5-10(9)16(11)8(2)12(17)13-3/h8,14H,4-7H2,1-3H3,(H,13,17). The van der Waals surface area contributed by atoms with Gasteiger partial charge in [0, 0.05) is 38.7 Å². The number of hydrogen-bond acceptors (Lipinski definition) is 3. The number of aromatic nitrogens is 2. The molecule has 0 spiro atoms. The second-order valence-electron chi connectivity index (χ2n) is 4.36. The van der Waals surface area contributed by atoms with Crippen LogP contribution in [0.3, 0.4) is 0 Å². The van der Waals surface area contributed by atoms with E-state index in [2.05, 4.69) is 27.1 Å². The van der Waals surface area contributed by atoms with E-state index >= 15 is 0 Å². The number of likely N-dealkylation sites (N-methyl/N-ethyl adjacent to an activating group) is 1. The third kappa shape index (κ3) is 2.07. The molecular weight excluding hydrogens is 216 g/mol. The van der Waals surface area contributed by atoms with Crippen LogP contribution in [0.2, 0.25) is 0 Å². The average molecular weight is 236 g/mol. The molecule has 1 atom stereocenters. The number of rotatable bonds is 3. The van der Waals surface area contributed by atoms with E-state index in [0.717, 1.165) is 37.4 Å². The molecule has 1 unspecified atom stereocenters. The first kappa shape index (κ1) is 12.1. The molecule has 1 aliphatic heterocycles. The second-order valence-corrected chi connectivity index (χ2v) is 4.36. The van der Waals surface area contributed by atoms with E-state index in [1.165, 1.54) is 5.69 Å². The van der Waals surface area contributed by atoms with Crippen molar-refractivity contribution >= 4 is 5.91 Å². The molecule has 5 heteroatoms. The highest BCUT2D eigenvalue weighted by Gasteiger charge is 2.24. The molecule has 2 heterocycles. The van der Waals surface area contributed by atoms with Crippen molar-refractivity contribution in [2.75, 3.05) is 13.6 Å². The lowest BCUT2D eigenvalue weighted by molar-refractivity contribution is -0.123. The molecule has 0 fully saturated rings. The Hall–Kier alpha value is -1.36. The summed E-state index contributed by atoms with van der Waals surface area (Å²) < 4.78 is 2.11. The van der Waals surface area contributed by atoms with Crippen LogP contribution in [0.4, 0.5) is 0 Å². The van der Waals surface area contributed by atoms with Crippen molar-refractivity contribution < 1.29 is 4.79 Å². The maximum Gasteiger partial charge on any atom is 0.242 e. The first-order chi connectivity index (χ1) is 8.19. The predicted molar refractivity (Wildman–Crippen MR) is 65.8 cm³/mol.